The first-order chi connectivity index (χ1) is 9.28. The summed E-state index contributed by atoms with van der Waals surface area (Å²) in [7, 11) is 0. The van der Waals surface area contributed by atoms with E-state index in [-0.39, 0.29) is 0 Å². The van der Waals surface area contributed by atoms with E-state index in [2.05, 4.69) is 42.2 Å². The minimum Gasteiger partial charge on any atom is -0.354 e. The Labute approximate surface area is 114 Å². The molecule has 1 aromatic heterocycles. The molecule has 1 saturated heterocycles. The summed E-state index contributed by atoms with van der Waals surface area (Å²) < 4.78 is 0. The molecule has 3 rings (SSSR count). The van der Waals surface area contributed by atoms with Gasteiger partial charge in [0.1, 0.15) is 5.82 Å². The van der Waals surface area contributed by atoms with E-state index < -0.39 is 0 Å². The minimum absolute atomic E-state index is 0.552. The van der Waals surface area contributed by atoms with Crippen LogP contribution in [0.5, 0.6) is 0 Å². The molecule has 0 saturated carbocycles. The molecule has 2 N–H and O–H groups in total. The van der Waals surface area contributed by atoms with Crippen LogP contribution in [-0.2, 0) is 0 Å². The van der Waals surface area contributed by atoms with Gasteiger partial charge in [0.15, 0.2) is 0 Å². The van der Waals surface area contributed by atoms with Gasteiger partial charge in [-0.25, -0.2) is 4.98 Å². The standard InChI is InChI=1S/C16H21N3/c1-12-6-7-13(10-17)11-19(12)16-9-8-14-4-2-3-5-15(14)18-16/h2-5,8-9,12-13H,6-7,10-11,17H2,1H3. The maximum Gasteiger partial charge on any atom is 0.129 e. The van der Waals surface area contributed by atoms with E-state index in [1.807, 2.05) is 6.07 Å². The lowest BCUT2D eigenvalue weighted by Crippen LogP contribution is -2.44. The molecule has 3 heteroatoms. The Morgan fingerprint density at radius 2 is 2.05 bits per heavy atom. The van der Waals surface area contributed by atoms with Gasteiger partial charge in [-0.15, -0.1) is 0 Å². The van der Waals surface area contributed by atoms with Crippen molar-refractivity contribution in [1.82, 2.24) is 4.98 Å². The van der Waals surface area contributed by atoms with Gasteiger partial charge in [0.2, 0.25) is 0 Å². The molecule has 0 bridgehead atoms. The van der Waals surface area contributed by atoms with Crippen LogP contribution in [0.2, 0.25) is 0 Å². The highest BCUT2D eigenvalue weighted by Gasteiger charge is 2.25. The minimum atomic E-state index is 0.552. The molecule has 0 radical (unpaired) electrons. The summed E-state index contributed by atoms with van der Waals surface area (Å²) in [4.78, 5) is 7.21. The topological polar surface area (TPSA) is 42.1 Å². The molecule has 19 heavy (non-hydrogen) atoms. The van der Waals surface area contributed by atoms with Crippen LogP contribution in [0.4, 0.5) is 5.82 Å². The maximum absolute atomic E-state index is 5.83. The third kappa shape index (κ3) is 2.43. The fraction of sp³-hybridized carbons (Fsp3) is 0.438. The average Bonchev–Trinajstić information content (AvgIpc) is 2.47. The Morgan fingerprint density at radius 3 is 2.89 bits per heavy atom. The highest BCUT2D eigenvalue weighted by Crippen LogP contribution is 2.27. The lowest BCUT2D eigenvalue weighted by molar-refractivity contribution is 0.372. The van der Waals surface area contributed by atoms with Crippen molar-refractivity contribution in [2.24, 2.45) is 11.7 Å². The van der Waals surface area contributed by atoms with E-state index in [1.165, 1.54) is 18.2 Å². The molecule has 1 aliphatic heterocycles. The van der Waals surface area contributed by atoms with Gasteiger partial charge in [-0.2, -0.15) is 0 Å². The van der Waals surface area contributed by atoms with Crippen LogP contribution < -0.4 is 10.6 Å². The Balaban J connectivity index is 1.93. The molecule has 1 aliphatic rings. The van der Waals surface area contributed by atoms with Gasteiger partial charge in [-0.3, -0.25) is 0 Å². The van der Waals surface area contributed by atoms with E-state index in [0.29, 0.717) is 12.0 Å². The van der Waals surface area contributed by atoms with E-state index in [9.17, 15) is 0 Å². The molecule has 2 atom stereocenters. The number of anilines is 1. The van der Waals surface area contributed by atoms with E-state index in [4.69, 9.17) is 10.7 Å². The van der Waals surface area contributed by atoms with Crippen molar-refractivity contribution >= 4 is 16.7 Å². The summed E-state index contributed by atoms with van der Waals surface area (Å²) >= 11 is 0. The van der Waals surface area contributed by atoms with Gasteiger partial charge in [0.25, 0.3) is 0 Å². The molecule has 1 fully saturated rings. The maximum atomic E-state index is 5.83. The number of piperidine rings is 1. The van der Waals surface area contributed by atoms with Gasteiger partial charge in [0, 0.05) is 18.0 Å². The summed E-state index contributed by atoms with van der Waals surface area (Å²) in [5.41, 5.74) is 6.90. The van der Waals surface area contributed by atoms with Crippen molar-refractivity contribution in [3.05, 3.63) is 36.4 Å². The molecule has 0 spiro atoms. The first-order valence-corrected chi connectivity index (χ1v) is 7.10. The number of aromatic nitrogens is 1. The summed E-state index contributed by atoms with van der Waals surface area (Å²) in [6.45, 7) is 4.09. The van der Waals surface area contributed by atoms with Crippen molar-refractivity contribution < 1.29 is 0 Å². The molecule has 2 aromatic rings. The largest absolute Gasteiger partial charge is 0.354 e. The van der Waals surface area contributed by atoms with E-state index in [0.717, 1.165) is 24.4 Å². The number of pyridine rings is 1. The van der Waals surface area contributed by atoms with Crippen LogP contribution in [-0.4, -0.2) is 24.1 Å². The van der Waals surface area contributed by atoms with Crippen LogP contribution in [0.3, 0.4) is 0 Å². The predicted molar refractivity (Wildman–Crippen MR) is 80.3 cm³/mol. The molecule has 0 aliphatic carbocycles. The van der Waals surface area contributed by atoms with Crippen LogP contribution >= 0.6 is 0 Å². The van der Waals surface area contributed by atoms with E-state index >= 15 is 0 Å². The molecular formula is C16H21N3. The normalized spacial score (nSPS) is 23.8. The molecular weight excluding hydrogens is 234 g/mol. The number of rotatable bonds is 2. The highest BCUT2D eigenvalue weighted by molar-refractivity contribution is 5.80. The lowest BCUT2D eigenvalue weighted by Gasteiger charge is -2.38. The van der Waals surface area contributed by atoms with Crippen molar-refractivity contribution in [3.63, 3.8) is 0 Å². The molecule has 2 heterocycles. The summed E-state index contributed by atoms with van der Waals surface area (Å²) in [5.74, 6) is 1.69. The van der Waals surface area contributed by atoms with Gasteiger partial charge < -0.3 is 10.6 Å². The van der Waals surface area contributed by atoms with Crippen molar-refractivity contribution in [2.75, 3.05) is 18.0 Å². The number of hydrogen-bond donors (Lipinski definition) is 1. The third-order valence-corrected chi connectivity index (χ3v) is 4.19. The zero-order valence-electron chi connectivity index (χ0n) is 11.4. The molecule has 100 valence electrons. The zero-order chi connectivity index (χ0) is 13.2. The Bertz CT molecular complexity index is 567. The quantitative estimate of drug-likeness (QED) is 0.897. The molecule has 2 unspecified atom stereocenters. The number of para-hydroxylation sites is 1. The summed E-state index contributed by atoms with van der Waals surface area (Å²) in [6.07, 6.45) is 2.44. The Morgan fingerprint density at radius 1 is 1.21 bits per heavy atom. The van der Waals surface area contributed by atoms with Crippen molar-refractivity contribution in [1.29, 1.82) is 0 Å². The van der Waals surface area contributed by atoms with Crippen LogP contribution in [0.15, 0.2) is 36.4 Å². The number of nitrogens with zero attached hydrogens (tertiary/aromatic N) is 2. The molecule has 3 nitrogen and oxygen atoms in total. The number of nitrogens with two attached hydrogens (primary N) is 1. The predicted octanol–water partition coefficient (Wildman–Crippen LogP) is 2.80. The Hall–Kier alpha value is -1.61. The monoisotopic (exact) mass is 255 g/mol. The van der Waals surface area contributed by atoms with Gasteiger partial charge in [-0.1, -0.05) is 18.2 Å². The van der Waals surface area contributed by atoms with E-state index in [1.54, 1.807) is 0 Å². The number of benzene rings is 1. The van der Waals surface area contributed by atoms with Gasteiger partial charge in [-0.05, 0) is 50.4 Å². The third-order valence-electron chi connectivity index (χ3n) is 4.19. The molecule has 1 aromatic carbocycles. The molecule has 0 amide bonds. The van der Waals surface area contributed by atoms with Crippen LogP contribution in [0.1, 0.15) is 19.8 Å². The van der Waals surface area contributed by atoms with Crippen molar-refractivity contribution in [2.45, 2.75) is 25.8 Å². The second-order valence-corrected chi connectivity index (χ2v) is 5.54. The first kappa shape index (κ1) is 12.4. The summed E-state index contributed by atoms with van der Waals surface area (Å²) in [6, 6.07) is 13.1. The van der Waals surface area contributed by atoms with Crippen LogP contribution in [0.25, 0.3) is 10.9 Å². The number of fused-ring (bicyclic) bond motifs is 1. The zero-order valence-corrected chi connectivity index (χ0v) is 11.4. The van der Waals surface area contributed by atoms with Gasteiger partial charge >= 0.3 is 0 Å². The highest BCUT2D eigenvalue weighted by atomic mass is 15.2. The first-order valence-electron chi connectivity index (χ1n) is 7.10. The average molecular weight is 255 g/mol. The van der Waals surface area contributed by atoms with Crippen LogP contribution in [0, 0.1) is 5.92 Å². The lowest BCUT2D eigenvalue weighted by atomic mass is 9.93. The Kier molecular flexibility index (Phi) is 3.38. The number of hydrogen-bond acceptors (Lipinski definition) is 3. The fourth-order valence-corrected chi connectivity index (χ4v) is 2.91. The SMILES string of the molecule is CC1CCC(CN)CN1c1ccc2ccccc2n1. The van der Waals surface area contributed by atoms with Crippen molar-refractivity contribution in [3.8, 4) is 0 Å². The summed E-state index contributed by atoms with van der Waals surface area (Å²) in [5, 5.41) is 1.20. The smallest absolute Gasteiger partial charge is 0.129 e. The second kappa shape index (κ2) is 5.17. The fourth-order valence-electron chi connectivity index (χ4n) is 2.91. The van der Waals surface area contributed by atoms with Gasteiger partial charge in [0.05, 0.1) is 5.52 Å². The second-order valence-electron chi connectivity index (χ2n) is 5.54.